The summed E-state index contributed by atoms with van der Waals surface area (Å²) in [6.07, 6.45) is 1.93. The number of thioether (sulfide) groups is 1. The van der Waals surface area contributed by atoms with Gasteiger partial charge in [-0.1, -0.05) is 6.08 Å². The summed E-state index contributed by atoms with van der Waals surface area (Å²) < 4.78 is 6.24. The van der Waals surface area contributed by atoms with E-state index in [-0.39, 0.29) is 6.04 Å². The average molecular weight is 290 g/mol. The van der Waals surface area contributed by atoms with E-state index in [1.165, 1.54) is 0 Å². The van der Waals surface area contributed by atoms with E-state index in [2.05, 4.69) is 34.7 Å². The van der Waals surface area contributed by atoms with Gasteiger partial charge in [0.2, 0.25) is 0 Å². The van der Waals surface area contributed by atoms with Crippen LogP contribution < -0.4 is 5.32 Å². The van der Waals surface area contributed by atoms with Crippen molar-refractivity contribution in [2.75, 3.05) is 18.1 Å². The van der Waals surface area contributed by atoms with Crippen LogP contribution in [0.2, 0.25) is 0 Å². The van der Waals surface area contributed by atoms with Gasteiger partial charge in [-0.05, 0) is 35.0 Å². The highest BCUT2D eigenvalue weighted by Crippen LogP contribution is 2.19. The first-order valence-corrected chi connectivity index (χ1v) is 6.86. The van der Waals surface area contributed by atoms with Crippen molar-refractivity contribution >= 4 is 27.7 Å². The Hall–Kier alpha value is -0.190. The van der Waals surface area contributed by atoms with E-state index < -0.39 is 0 Å². The lowest BCUT2D eigenvalue weighted by Crippen LogP contribution is -2.20. The zero-order valence-corrected chi connectivity index (χ0v) is 11.2. The normalized spacial score (nSPS) is 12.7. The van der Waals surface area contributed by atoms with Crippen LogP contribution in [0, 0.1) is 0 Å². The average Bonchev–Trinajstić information content (AvgIpc) is 2.64. The van der Waals surface area contributed by atoms with Crippen molar-refractivity contribution in [2.45, 2.75) is 13.0 Å². The third kappa shape index (κ3) is 4.91. The maximum absolute atomic E-state index is 5.45. The monoisotopic (exact) mass is 289 g/mol. The number of halogens is 1. The summed E-state index contributed by atoms with van der Waals surface area (Å²) in [4.78, 5) is 0. The lowest BCUT2D eigenvalue weighted by Gasteiger charge is -2.10. The molecule has 0 amide bonds. The van der Waals surface area contributed by atoms with Crippen LogP contribution in [0.1, 0.15) is 18.7 Å². The molecule has 84 valence electrons. The molecule has 0 aliphatic carbocycles. The van der Waals surface area contributed by atoms with Gasteiger partial charge in [-0.25, -0.2) is 0 Å². The second-order valence-corrected chi connectivity index (χ2v) is 5.11. The van der Waals surface area contributed by atoms with Crippen molar-refractivity contribution in [1.29, 1.82) is 0 Å². The van der Waals surface area contributed by atoms with Crippen molar-refractivity contribution in [1.82, 2.24) is 5.32 Å². The smallest absolute Gasteiger partial charge is 0.169 e. The maximum atomic E-state index is 5.45. The fraction of sp³-hybridized carbons (Fsp3) is 0.455. The second-order valence-electron chi connectivity index (χ2n) is 3.18. The van der Waals surface area contributed by atoms with Gasteiger partial charge < -0.3 is 9.73 Å². The summed E-state index contributed by atoms with van der Waals surface area (Å²) in [5.41, 5.74) is 0. The molecule has 0 saturated carbocycles. The molecule has 1 aromatic heterocycles. The largest absolute Gasteiger partial charge is 0.453 e. The van der Waals surface area contributed by atoms with Gasteiger partial charge in [0.1, 0.15) is 5.76 Å². The lowest BCUT2D eigenvalue weighted by atomic mass is 10.2. The van der Waals surface area contributed by atoms with Crippen LogP contribution in [0.15, 0.2) is 33.9 Å². The molecule has 1 aromatic rings. The van der Waals surface area contributed by atoms with Crippen LogP contribution in [0.25, 0.3) is 0 Å². The molecule has 0 aromatic carbocycles. The summed E-state index contributed by atoms with van der Waals surface area (Å²) in [6, 6.07) is 4.17. The molecule has 1 N–H and O–H groups in total. The maximum Gasteiger partial charge on any atom is 0.169 e. The molecule has 0 bridgehead atoms. The zero-order chi connectivity index (χ0) is 11.1. The molecule has 1 rings (SSSR count). The van der Waals surface area contributed by atoms with Gasteiger partial charge in [0.25, 0.3) is 0 Å². The van der Waals surface area contributed by atoms with Crippen molar-refractivity contribution in [3.05, 3.63) is 35.2 Å². The van der Waals surface area contributed by atoms with Gasteiger partial charge in [0, 0.05) is 18.1 Å². The Morgan fingerprint density at radius 2 is 2.47 bits per heavy atom. The van der Waals surface area contributed by atoms with E-state index in [0.29, 0.717) is 0 Å². The summed E-state index contributed by atoms with van der Waals surface area (Å²) in [5, 5.41) is 3.40. The minimum Gasteiger partial charge on any atom is -0.453 e. The predicted octanol–water partition coefficient (Wildman–Crippen LogP) is 3.61. The van der Waals surface area contributed by atoms with E-state index in [1.54, 1.807) is 0 Å². The Morgan fingerprint density at radius 3 is 3.07 bits per heavy atom. The quantitative estimate of drug-likeness (QED) is 0.613. The summed E-state index contributed by atoms with van der Waals surface area (Å²) in [6.45, 7) is 6.77. The molecule has 1 atom stereocenters. The van der Waals surface area contributed by atoms with Gasteiger partial charge >= 0.3 is 0 Å². The van der Waals surface area contributed by atoms with E-state index >= 15 is 0 Å². The Morgan fingerprint density at radius 1 is 1.67 bits per heavy atom. The van der Waals surface area contributed by atoms with Crippen molar-refractivity contribution in [2.24, 2.45) is 0 Å². The van der Waals surface area contributed by atoms with Crippen LogP contribution in [0.4, 0.5) is 0 Å². The van der Waals surface area contributed by atoms with Crippen molar-refractivity contribution < 1.29 is 4.42 Å². The molecule has 15 heavy (non-hydrogen) atoms. The fourth-order valence-corrected chi connectivity index (χ4v) is 2.09. The molecule has 0 spiro atoms. The van der Waals surface area contributed by atoms with Gasteiger partial charge in [-0.3, -0.25) is 0 Å². The highest BCUT2D eigenvalue weighted by Gasteiger charge is 2.08. The second kappa shape index (κ2) is 7.14. The third-order valence-electron chi connectivity index (χ3n) is 1.95. The molecular weight excluding hydrogens is 274 g/mol. The number of nitrogens with one attached hydrogen (secondary N) is 1. The van der Waals surface area contributed by atoms with Crippen LogP contribution in [0.3, 0.4) is 0 Å². The Bertz CT molecular complexity index is 301. The van der Waals surface area contributed by atoms with Gasteiger partial charge in [0.05, 0.1) is 6.04 Å². The molecule has 1 unspecified atom stereocenters. The van der Waals surface area contributed by atoms with Crippen LogP contribution in [-0.4, -0.2) is 18.1 Å². The number of rotatable bonds is 7. The predicted molar refractivity (Wildman–Crippen MR) is 70.3 cm³/mol. The third-order valence-corrected chi connectivity index (χ3v) is 3.34. The molecule has 0 aliphatic heterocycles. The zero-order valence-electron chi connectivity index (χ0n) is 8.83. The Balaban J connectivity index is 2.18. The van der Waals surface area contributed by atoms with Crippen molar-refractivity contribution in [3.8, 4) is 0 Å². The van der Waals surface area contributed by atoms with E-state index in [0.717, 1.165) is 28.5 Å². The number of hydrogen-bond acceptors (Lipinski definition) is 3. The lowest BCUT2D eigenvalue weighted by molar-refractivity contribution is 0.424. The minimum atomic E-state index is 0.264. The molecule has 0 radical (unpaired) electrons. The van der Waals surface area contributed by atoms with Crippen LogP contribution in [-0.2, 0) is 0 Å². The Labute approximate surface area is 104 Å². The summed E-state index contributed by atoms with van der Waals surface area (Å²) in [7, 11) is 0. The molecule has 4 heteroatoms. The van der Waals surface area contributed by atoms with Gasteiger partial charge in [-0.15, -0.1) is 6.58 Å². The standard InChI is InChI=1S/C11H16BrNOS/c1-3-7-15-8-6-13-9(2)10-4-5-11(12)14-10/h3-5,9,13H,1,6-8H2,2H3. The molecule has 2 nitrogen and oxygen atoms in total. The first-order valence-electron chi connectivity index (χ1n) is 4.91. The summed E-state index contributed by atoms with van der Waals surface area (Å²) >= 11 is 5.17. The SMILES string of the molecule is C=CCSCCNC(C)c1ccc(Br)o1. The van der Waals surface area contributed by atoms with E-state index in [4.69, 9.17) is 4.42 Å². The molecule has 0 saturated heterocycles. The highest BCUT2D eigenvalue weighted by molar-refractivity contribution is 9.10. The number of hydrogen-bond donors (Lipinski definition) is 1. The summed E-state index contributed by atoms with van der Waals surface area (Å²) in [5.74, 6) is 3.08. The van der Waals surface area contributed by atoms with Crippen LogP contribution >= 0.6 is 27.7 Å². The molecular formula is C11H16BrNOS. The van der Waals surface area contributed by atoms with Gasteiger partial charge in [0.15, 0.2) is 4.67 Å². The molecule has 0 aliphatic rings. The van der Waals surface area contributed by atoms with E-state index in [1.807, 2.05) is 30.0 Å². The molecule has 0 fully saturated rings. The Kier molecular flexibility index (Phi) is 6.13. The highest BCUT2D eigenvalue weighted by atomic mass is 79.9. The first-order chi connectivity index (χ1) is 7.24. The topological polar surface area (TPSA) is 25.2 Å². The minimum absolute atomic E-state index is 0.264. The van der Waals surface area contributed by atoms with Crippen molar-refractivity contribution in [3.63, 3.8) is 0 Å². The van der Waals surface area contributed by atoms with Gasteiger partial charge in [-0.2, -0.15) is 11.8 Å². The first kappa shape index (κ1) is 12.9. The molecule has 1 heterocycles. The van der Waals surface area contributed by atoms with E-state index in [9.17, 15) is 0 Å². The fourth-order valence-electron chi connectivity index (χ4n) is 1.18. The van der Waals surface area contributed by atoms with Crippen LogP contribution in [0.5, 0.6) is 0 Å². The number of furan rings is 1.